The summed E-state index contributed by atoms with van der Waals surface area (Å²) in [5.41, 5.74) is 5.50. The van der Waals surface area contributed by atoms with Crippen molar-refractivity contribution in [3.63, 3.8) is 0 Å². The number of alkyl halides is 3. The lowest BCUT2D eigenvalue weighted by Crippen LogP contribution is -2.27. The number of nitrogens with two attached hydrogens (primary N) is 1. The summed E-state index contributed by atoms with van der Waals surface area (Å²) in [4.78, 5) is 2.03. The summed E-state index contributed by atoms with van der Waals surface area (Å²) in [5.74, 6) is -0.324. The topological polar surface area (TPSA) is 53.1 Å². The molecule has 0 unspecified atom stereocenters. The Labute approximate surface area is 116 Å². The highest BCUT2D eigenvalue weighted by molar-refractivity contribution is 6.00. The first-order valence-electron chi connectivity index (χ1n) is 6.70. The molecule has 1 aromatic carbocycles. The van der Waals surface area contributed by atoms with Crippen LogP contribution in [-0.2, 0) is 6.18 Å². The van der Waals surface area contributed by atoms with Crippen molar-refractivity contribution in [2.75, 3.05) is 18.0 Å². The normalized spacial score (nSPS) is 16.9. The molecule has 0 aromatic heterocycles. The van der Waals surface area contributed by atoms with Gasteiger partial charge < -0.3 is 10.6 Å². The molecule has 0 bridgehead atoms. The van der Waals surface area contributed by atoms with Gasteiger partial charge in [-0.1, -0.05) is 12.8 Å². The Bertz CT molecular complexity index is 489. The van der Waals surface area contributed by atoms with E-state index in [4.69, 9.17) is 11.1 Å². The van der Waals surface area contributed by atoms with Gasteiger partial charge in [-0.15, -0.1) is 0 Å². The Morgan fingerprint density at radius 1 is 1.10 bits per heavy atom. The number of amidine groups is 1. The van der Waals surface area contributed by atoms with E-state index in [1.54, 1.807) is 0 Å². The zero-order valence-corrected chi connectivity index (χ0v) is 11.1. The van der Waals surface area contributed by atoms with E-state index in [1.165, 1.54) is 6.07 Å². The number of benzene rings is 1. The van der Waals surface area contributed by atoms with Gasteiger partial charge in [0.15, 0.2) is 0 Å². The fourth-order valence-electron chi connectivity index (χ4n) is 2.52. The van der Waals surface area contributed by atoms with Crippen LogP contribution in [0.1, 0.15) is 36.8 Å². The molecule has 1 heterocycles. The summed E-state index contributed by atoms with van der Waals surface area (Å²) >= 11 is 0. The van der Waals surface area contributed by atoms with Gasteiger partial charge in [0.2, 0.25) is 0 Å². The van der Waals surface area contributed by atoms with Gasteiger partial charge in [-0.25, -0.2) is 0 Å². The molecule has 110 valence electrons. The third-order valence-corrected chi connectivity index (χ3v) is 3.56. The minimum Gasteiger partial charge on any atom is -0.384 e. The van der Waals surface area contributed by atoms with Crippen LogP contribution >= 0.6 is 0 Å². The lowest BCUT2D eigenvalue weighted by molar-refractivity contribution is -0.137. The smallest absolute Gasteiger partial charge is 0.384 e. The van der Waals surface area contributed by atoms with Gasteiger partial charge in [-0.05, 0) is 31.0 Å². The molecule has 0 aliphatic carbocycles. The van der Waals surface area contributed by atoms with Gasteiger partial charge in [0.1, 0.15) is 5.84 Å². The second-order valence-electron chi connectivity index (χ2n) is 5.04. The summed E-state index contributed by atoms with van der Waals surface area (Å²) in [5, 5.41) is 7.53. The maximum atomic E-state index is 12.7. The molecule has 0 saturated carbocycles. The molecular weight excluding hydrogens is 267 g/mol. The molecule has 0 spiro atoms. The van der Waals surface area contributed by atoms with E-state index < -0.39 is 11.7 Å². The van der Waals surface area contributed by atoms with Crippen LogP contribution in [0.2, 0.25) is 0 Å². The standard InChI is InChI=1S/C14H18F3N3/c15-14(16,17)10-5-6-12(11(9-10)13(18)19)20-7-3-1-2-4-8-20/h5-6,9H,1-4,7-8H2,(H3,18,19). The number of anilines is 1. The summed E-state index contributed by atoms with van der Waals surface area (Å²) in [6.45, 7) is 1.59. The molecule has 6 heteroatoms. The van der Waals surface area contributed by atoms with Gasteiger partial charge in [0.25, 0.3) is 0 Å². The molecule has 1 aliphatic heterocycles. The number of halogens is 3. The lowest BCUT2D eigenvalue weighted by Gasteiger charge is -2.25. The third-order valence-electron chi connectivity index (χ3n) is 3.56. The van der Waals surface area contributed by atoms with E-state index in [-0.39, 0.29) is 11.4 Å². The lowest BCUT2D eigenvalue weighted by atomic mass is 10.1. The zero-order chi connectivity index (χ0) is 14.8. The Hall–Kier alpha value is -1.72. The van der Waals surface area contributed by atoms with Crippen molar-refractivity contribution in [3.8, 4) is 0 Å². The number of nitrogen functional groups attached to an aromatic ring is 1. The van der Waals surface area contributed by atoms with Crippen LogP contribution in [0.4, 0.5) is 18.9 Å². The predicted octanol–water partition coefficient (Wildman–Crippen LogP) is 3.37. The summed E-state index contributed by atoms with van der Waals surface area (Å²) in [6.07, 6.45) is -0.128. The van der Waals surface area contributed by atoms with E-state index in [0.29, 0.717) is 5.69 Å². The Morgan fingerprint density at radius 3 is 2.20 bits per heavy atom. The second kappa shape index (κ2) is 5.73. The molecule has 1 saturated heterocycles. The average Bonchev–Trinajstić information content (AvgIpc) is 2.65. The maximum Gasteiger partial charge on any atom is 0.416 e. The van der Waals surface area contributed by atoms with E-state index in [0.717, 1.165) is 50.9 Å². The molecule has 1 aromatic rings. The summed E-state index contributed by atoms with van der Waals surface area (Å²) in [6, 6.07) is 3.47. The second-order valence-corrected chi connectivity index (χ2v) is 5.04. The fourth-order valence-corrected chi connectivity index (χ4v) is 2.52. The zero-order valence-electron chi connectivity index (χ0n) is 11.1. The monoisotopic (exact) mass is 285 g/mol. The molecule has 1 fully saturated rings. The molecule has 0 amide bonds. The van der Waals surface area contributed by atoms with Gasteiger partial charge >= 0.3 is 6.18 Å². The maximum absolute atomic E-state index is 12.7. The molecule has 0 radical (unpaired) electrons. The Morgan fingerprint density at radius 2 is 1.70 bits per heavy atom. The van der Waals surface area contributed by atoms with Crippen molar-refractivity contribution < 1.29 is 13.2 Å². The molecule has 3 nitrogen and oxygen atoms in total. The van der Waals surface area contributed by atoms with Gasteiger partial charge in [-0.2, -0.15) is 13.2 Å². The molecule has 0 atom stereocenters. The van der Waals surface area contributed by atoms with Gasteiger partial charge in [0, 0.05) is 24.3 Å². The number of hydrogen-bond donors (Lipinski definition) is 2. The highest BCUT2D eigenvalue weighted by Crippen LogP contribution is 2.33. The van der Waals surface area contributed by atoms with Crippen molar-refractivity contribution in [2.24, 2.45) is 5.73 Å². The minimum absolute atomic E-state index is 0.168. The fraction of sp³-hybridized carbons (Fsp3) is 0.500. The SMILES string of the molecule is N=C(N)c1cc(C(F)(F)F)ccc1N1CCCCCC1. The van der Waals surface area contributed by atoms with Gasteiger partial charge in [0.05, 0.1) is 5.56 Å². The van der Waals surface area contributed by atoms with E-state index >= 15 is 0 Å². The van der Waals surface area contributed by atoms with Crippen molar-refractivity contribution in [1.29, 1.82) is 5.41 Å². The summed E-state index contributed by atoms with van der Waals surface area (Å²) < 4.78 is 38.2. The average molecular weight is 285 g/mol. The van der Waals surface area contributed by atoms with Crippen LogP contribution in [0.3, 0.4) is 0 Å². The molecule has 1 aliphatic rings. The van der Waals surface area contributed by atoms with Crippen molar-refractivity contribution in [3.05, 3.63) is 29.3 Å². The first-order chi connectivity index (χ1) is 9.39. The number of nitrogens with one attached hydrogen (secondary N) is 1. The first-order valence-corrected chi connectivity index (χ1v) is 6.70. The Kier molecular flexibility index (Phi) is 4.20. The van der Waals surface area contributed by atoms with E-state index in [2.05, 4.69) is 0 Å². The quantitative estimate of drug-likeness (QED) is 0.646. The van der Waals surface area contributed by atoms with E-state index in [1.807, 2.05) is 4.90 Å². The summed E-state index contributed by atoms with van der Waals surface area (Å²) in [7, 11) is 0. The third kappa shape index (κ3) is 3.23. The number of hydrogen-bond acceptors (Lipinski definition) is 2. The first kappa shape index (κ1) is 14.7. The van der Waals surface area contributed by atoms with Gasteiger partial charge in [-0.3, -0.25) is 5.41 Å². The van der Waals surface area contributed by atoms with Crippen LogP contribution in [0.25, 0.3) is 0 Å². The van der Waals surface area contributed by atoms with Crippen LogP contribution in [0, 0.1) is 5.41 Å². The van der Waals surface area contributed by atoms with E-state index in [9.17, 15) is 13.2 Å². The molecule has 20 heavy (non-hydrogen) atoms. The highest BCUT2D eigenvalue weighted by Gasteiger charge is 2.31. The van der Waals surface area contributed by atoms with Crippen molar-refractivity contribution in [1.82, 2.24) is 0 Å². The van der Waals surface area contributed by atoms with Crippen molar-refractivity contribution >= 4 is 11.5 Å². The van der Waals surface area contributed by atoms with Crippen LogP contribution in [0.15, 0.2) is 18.2 Å². The molecule has 2 rings (SSSR count). The van der Waals surface area contributed by atoms with Crippen LogP contribution < -0.4 is 10.6 Å². The Balaban J connectivity index is 2.39. The largest absolute Gasteiger partial charge is 0.416 e. The molecular formula is C14H18F3N3. The highest BCUT2D eigenvalue weighted by atomic mass is 19.4. The number of rotatable bonds is 2. The number of nitrogens with zero attached hydrogens (tertiary/aromatic N) is 1. The minimum atomic E-state index is -4.42. The molecule has 3 N–H and O–H groups in total. The van der Waals surface area contributed by atoms with Crippen molar-refractivity contribution in [2.45, 2.75) is 31.9 Å². The predicted molar refractivity (Wildman–Crippen MR) is 73.1 cm³/mol. The van der Waals surface area contributed by atoms with Crippen LogP contribution in [0.5, 0.6) is 0 Å². The van der Waals surface area contributed by atoms with Crippen LogP contribution in [-0.4, -0.2) is 18.9 Å².